The highest BCUT2D eigenvalue weighted by Crippen LogP contribution is 2.21. The maximum absolute atomic E-state index is 11.1. The topological polar surface area (TPSA) is 58.6 Å². The predicted molar refractivity (Wildman–Crippen MR) is 62.5 cm³/mol. The number of carboxylic acid groups (broad SMARTS) is 1. The molecule has 0 aromatic rings. The SMILES string of the molecule is CC(C)(C)CC(NCC1CCCO1)C(=O)O. The molecule has 0 amide bonds. The lowest BCUT2D eigenvalue weighted by Gasteiger charge is -2.25. The van der Waals surface area contributed by atoms with Gasteiger partial charge in [0.25, 0.3) is 0 Å². The number of aliphatic carboxylic acids is 1. The molecule has 4 nitrogen and oxygen atoms in total. The van der Waals surface area contributed by atoms with Crippen LogP contribution in [0.15, 0.2) is 0 Å². The number of carbonyl (C=O) groups is 1. The lowest BCUT2D eigenvalue weighted by molar-refractivity contribution is -0.140. The molecule has 94 valence electrons. The summed E-state index contributed by atoms with van der Waals surface area (Å²) in [7, 11) is 0. The van der Waals surface area contributed by atoms with Crippen LogP contribution in [0.5, 0.6) is 0 Å². The summed E-state index contributed by atoms with van der Waals surface area (Å²) in [5.41, 5.74) is 0.0204. The summed E-state index contributed by atoms with van der Waals surface area (Å²) in [6, 6.07) is -0.468. The first kappa shape index (κ1) is 13.5. The lowest BCUT2D eigenvalue weighted by Crippen LogP contribution is -2.43. The highest BCUT2D eigenvalue weighted by molar-refractivity contribution is 5.73. The summed E-state index contributed by atoms with van der Waals surface area (Å²) in [6.07, 6.45) is 2.95. The molecule has 1 heterocycles. The first-order chi connectivity index (χ1) is 7.38. The van der Waals surface area contributed by atoms with Gasteiger partial charge in [-0.2, -0.15) is 0 Å². The molecule has 0 aromatic heterocycles. The maximum atomic E-state index is 11.1. The van der Waals surface area contributed by atoms with Crippen LogP contribution < -0.4 is 5.32 Å². The van der Waals surface area contributed by atoms with Gasteiger partial charge in [0, 0.05) is 13.2 Å². The van der Waals surface area contributed by atoms with Crippen molar-refractivity contribution in [3.8, 4) is 0 Å². The fraction of sp³-hybridized carbons (Fsp3) is 0.917. The molecule has 0 saturated carbocycles. The molecule has 1 aliphatic rings. The predicted octanol–water partition coefficient (Wildman–Crippen LogP) is 1.64. The largest absolute Gasteiger partial charge is 0.480 e. The molecular weight excluding hydrogens is 206 g/mol. The van der Waals surface area contributed by atoms with Crippen LogP contribution in [0.4, 0.5) is 0 Å². The van der Waals surface area contributed by atoms with Crippen molar-refractivity contribution in [1.29, 1.82) is 0 Å². The highest BCUT2D eigenvalue weighted by Gasteiger charge is 2.25. The van der Waals surface area contributed by atoms with E-state index in [-0.39, 0.29) is 11.5 Å². The first-order valence-electron chi connectivity index (χ1n) is 5.96. The Morgan fingerprint density at radius 2 is 2.25 bits per heavy atom. The van der Waals surface area contributed by atoms with E-state index in [9.17, 15) is 4.79 Å². The van der Waals surface area contributed by atoms with Crippen LogP contribution in [-0.4, -0.2) is 36.4 Å². The Kier molecular flexibility index (Phi) is 4.74. The second-order valence-electron chi connectivity index (χ2n) is 5.70. The van der Waals surface area contributed by atoms with Gasteiger partial charge in [-0.25, -0.2) is 0 Å². The summed E-state index contributed by atoms with van der Waals surface area (Å²) in [5, 5.41) is 12.2. The van der Waals surface area contributed by atoms with Crippen molar-refractivity contribution in [2.75, 3.05) is 13.2 Å². The van der Waals surface area contributed by atoms with Crippen LogP contribution >= 0.6 is 0 Å². The molecule has 2 unspecified atom stereocenters. The molecule has 2 N–H and O–H groups in total. The van der Waals surface area contributed by atoms with Gasteiger partial charge in [-0.1, -0.05) is 20.8 Å². The Morgan fingerprint density at radius 1 is 1.56 bits per heavy atom. The summed E-state index contributed by atoms with van der Waals surface area (Å²) < 4.78 is 5.46. The Balaban J connectivity index is 2.35. The fourth-order valence-electron chi connectivity index (χ4n) is 1.94. The van der Waals surface area contributed by atoms with E-state index in [0.717, 1.165) is 19.4 Å². The maximum Gasteiger partial charge on any atom is 0.320 e. The van der Waals surface area contributed by atoms with E-state index in [2.05, 4.69) is 26.1 Å². The molecule has 0 spiro atoms. The Hall–Kier alpha value is -0.610. The average molecular weight is 229 g/mol. The van der Waals surface area contributed by atoms with Crippen molar-refractivity contribution in [1.82, 2.24) is 5.32 Å². The molecule has 0 bridgehead atoms. The minimum absolute atomic E-state index is 0.0204. The van der Waals surface area contributed by atoms with Crippen molar-refractivity contribution in [3.05, 3.63) is 0 Å². The van der Waals surface area contributed by atoms with Gasteiger partial charge >= 0.3 is 5.97 Å². The van der Waals surface area contributed by atoms with Crippen LogP contribution in [0, 0.1) is 5.41 Å². The van der Waals surface area contributed by atoms with E-state index in [1.807, 2.05) is 0 Å². The Bertz CT molecular complexity index is 229. The zero-order valence-electron chi connectivity index (χ0n) is 10.5. The van der Waals surface area contributed by atoms with Gasteiger partial charge in [-0.3, -0.25) is 4.79 Å². The van der Waals surface area contributed by atoms with E-state index < -0.39 is 12.0 Å². The van der Waals surface area contributed by atoms with Crippen molar-refractivity contribution in [3.63, 3.8) is 0 Å². The zero-order valence-corrected chi connectivity index (χ0v) is 10.5. The van der Waals surface area contributed by atoms with Gasteiger partial charge in [0.2, 0.25) is 0 Å². The summed E-state index contributed by atoms with van der Waals surface area (Å²) in [5.74, 6) is -0.770. The van der Waals surface area contributed by atoms with Crippen LogP contribution in [0.25, 0.3) is 0 Å². The molecule has 16 heavy (non-hydrogen) atoms. The molecule has 4 heteroatoms. The third-order valence-corrected chi connectivity index (χ3v) is 2.73. The van der Waals surface area contributed by atoms with Crippen molar-refractivity contribution in [2.24, 2.45) is 5.41 Å². The molecule has 0 aliphatic carbocycles. The molecule has 0 aromatic carbocycles. The zero-order chi connectivity index (χ0) is 12.2. The number of hydrogen-bond acceptors (Lipinski definition) is 3. The van der Waals surface area contributed by atoms with Crippen LogP contribution in [0.1, 0.15) is 40.0 Å². The molecule has 1 saturated heterocycles. The quantitative estimate of drug-likeness (QED) is 0.752. The van der Waals surface area contributed by atoms with Crippen molar-refractivity contribution in [2.45, 2.75) is 52.2 Å². The van der Waals surface area contributed by atoms with E-state index >= 15 is 0 Å². The third kappa shape index (κ3) is 4.94. The molecule has 1 fully saturated rings. The van der Waals surface area contributed by atoms with Gasteiger partial charge in [-0.05, 0) is 24.7 Å². The molecule has 1 aliphatic heterocycles. The number of rotatable bonds is 5. The smallest absolute Gasteiger partial charge is 0.320 e. The second kappa shape index (κ2) is 5.64. The number of carboxylic acids is 1. The Morgan fingerprint density at radius 3 is 2.69 bits per heavy atom. The summed E-state index contributed by atoms with van der Waals surface area (Å²) in [6.45, 7) is 7.61. The minimum atomic E-state index is -0.770. The van der Waals surface area contributed by atoms with Gasteiger partial charge in [-0.15, -0.1) is 0 Å². The lowest BCUT2D eigenvalue weighted by atomic mass is 9.88. The van der Waals surface area contributed by atoms with Crippen LogP contribution in [0.2, 0.25) is 0 Å². The number of nitrogens with one attached hydrogen (secondary N) is 1. The monoisotopic (exact) mass is 229 g/mol. The second-order valence-corrected chi connectivity index (χ2v) is 5.70. The van der Waals surface area contributed by atoms with Crippen molar-refractivity contribution >= 4 is 5.97 Å². The summed E-state index contributed by atoms with van der Waals surface area (Å²) in [4.78, 5) is 11.1. The molecule has 0 radical (unpaired) electrons. The van der Waals surface area contributed by atoms with Crippen LogP contribution in [-0.2, 0) is 9.53 Å². The molecule has 1 rings (SSSR count). The Labute approximate surface area is 97.4 Å². The standard InChI is InChI=1S/C12H23NO3/c1-12(2,3)7-10(11(14)15)13-8-9-5-4-6-16-9/h9-10,13H,4-8H2,1-3H3,(H,14,15). The number of hydrogen-bond donors (Lipinski definition) is 2. The van der Waals surface area contributed by atoms with Crippen molar-refractivity contribution < 1.29 is 14.6 Å². The van der Waals surface area contributed by atoms with E-state index in [1.165, 1.54) is 0 Å². The van der Waals surface area contributed by atoms with Gasteiger partial charge in [0.1, 0.15) is 6.04 Å². The highest BCUT2D eigenvalue weighted by atomic mass is 16.5. The third-order valence-electron chi connectivity index (χ3n) is 2.73. The normalized spacial score (nSPS) is 23.3. The number of ether oxygens (including phenoxy) is 1. The van der Waals surface area contributed by atoms with E-state index in [1.54, 1.807) is 0 Å². The first-order valence-corrected chi connectivity index (χ1v) is 5.96. The molecule has 2 atom stereocenters. The van der Waals surface area contributed by atoms with Gasteiger partial charge < -0.3 is 15.2 Å². The summed E-state index contributed by atoms with van der Waals surface area (Å²) >= 11 is 0. The fourth-order valence-corrected chi connectivity index (χ4v) is 1.94. The van der Waals surface area contributed by atoms with Gasteiger partial charge in [0.15, 0.2) is 0 Å². The average Bonchev–Trinajstić information content (AvgIpc) is 2.62. The van der Waals surface area contributed by atoms with Crippen LogP contribution in [0.3, 0.4) is 0 Å². The van der Waals surface area contributed by atoms with E-state index in [0.29, 0.717) is 13.0 Å². The van der Waals surface area contributed by atoms with E-state index in [4.69, 9.17) is 9.84 Å². The van der Waals surface area contributed by atoms with Gasteiger partial charge in [0.05, 0.1) is 6.10 Å². The molecular formula is C12H23NO3. The minimum Gasteiger partial charge on any atom is -0.480 e.